The number of nitrogens with two attached hydrogens (primary N) is 1. The van der Waals surface area contributed by atoms with Crippen molar-refractivity contribution in [1.82, 2.24) is 19.9 Å². The van der Waals surface area contributed by atoms with Crippen molar-refractivity contribution in [3.63, 3.8) is 0 Å². The molecule has 144 valence electrons. The normalized spacial score (nSPS) is 22.0. The lowest BCUT2D eigenvalue weighted by atomic mass is 10.2. The van der Waals surface area contributed by atoms with Crippen LogP contribution < -0.4 is 10.6 Å². The van der Waals surface area contributed by atoms with Crippen molar-refractivity contribution in [2.75, 3.05) is 20.8 Å². The lowest BCUT2D eigenvalue weighted by molar-refractivity contribution is 0.0771. The molecule has 0 bridgehead atoms. The summed E-state index contributed by atoms with van der Waals surface area (Å²) in [7, 11) is 3.70. The van der Waals surface area contributed by atoms with Gasteiger partial charge in [0, 0.05) is 13.6 Å². The van der Waals surface area contributed by atoms with Gasteiger partial charge < -0.3 is 9.15 Å². The van der Waals surface area contributed by atoms with Gasteiger partial charge in [0.05, 0.1) is 20.0 Å². The highest BCUT2D eigenvalue weighted by Gasteiger charge is 2.47. The third kappa shape index (κ3) is 2.60. The summed E-state index contributed by atoms with van der Waals surface area (Å²) in [5, 5.41) is 5.70. The summed E-state index contributed by atoms with van der Waals surface area (Å²) in [6.07, 6.45) is 3.02. The van der Waals surface area contributed by atoms with Crippen LogP contribution in [0.4, 0.5) is 0 Å². The Morgan fingerprint density at radius 2 is 2.07 bits per heavy atom. The molecule has 28 heavy (non-hydrogen) atoms. The minimum absolute atomic E-state index is 0.185. The van der Waals surface area contributed by atoms with Gasteiger partial charge in [0.15, 0.2) is 17.9 Å². The fourth-order valence-corrected chi connectivity index (χ4v) is 3.76. The van der Waals surface area contributed by atoms with Crippen LogP contribution in [0.5, 0.6) is 5.75 Å². The summed E-state index contributed by atoms with van der Waals surface area (Å²) >= 11 is 0. The van der Waals surface area contributed by atoms with Crippen molar-refractivity contribution >= 4 is 17.9 Å². The van der Waals surface area contributed by atoms with E-state index in [1.165, 1.54) is 10.6 Å². The number of amidine groups is 1. The molecule has 0 spiro atoms. The number of hydrazine groups is 2. The monoisotopic (exact) mass is 379 g/mol. The third-order valence-corrected chi connectivity index (χ3v) is 5.06. The molecule has 0 amide bonds. The van der Waals surface area contributed by atoms with Gasteiger partial charge in [-0.15, -0.1) is 0 Å². The largest absolute Gasteiger partial charge is 0.497 e. The Hall–Kier alpha value is -3.14. The molecule has 0 aliphatic carbocycles. The van der Waals surface area contributed by atoms with E-state index in [0.717, 1.165) is 30.4 Å². The molecule has 3 aliphatic heterocycles. The highest BCUT2D eigenvalue weighted by Crippen LogP contribution is 2.38. The minimum atomic E-state index is -0.185. The van der Waals surface area contributed by atoms with Crippen molar-refractivity contribution in [1.29, 1.82) is 0 Å². The van der Waals surface area contributed by atoms with Gasteiger partial charge in [-0.25, -0.2) is 30.7 Å². The molecule has 0 radical (unpaired) electrons. The number of benzene rings is 1. The first-order valence-electron chi connectivity index (χ1n) is 8.97. The standard InChI is InChI=1S/C19H21N7O2/c1-23-12-24(10-13-5-7-14(27-2)8-6-13)19-22-18-17(26(19)23)16(21-11-25(18)20)15-4-3-9-28-15/h3-9,11,19H,10,12,20H2,1-2H3. The Labute approximate surface area is 162 Å². The number of ether oxygens (including phenoxy) is 1. The Morgan fingerprint density at radius 1 is 1.25 bits per heavy atom. The molecule has 1 atom stereocenters. The fraction of sp³-hybridized carbons (Fsp3) is 0.263. The summed E-state index contributed by atoms with van der Waals surface area (Å²) in [5.41, 5.74) is 2.77. The molecular weight excluding hydrogens is 358 g/mol. The molecule has 2 N–H and O–H groups in total. The predicted octanol–water partition coefficient (Wildman–Crippen LogP) is 1.49. The van der Waals surface area contributed by atoms with Crippen molar-refractivity contribution < 1.29 is 9.15 Å². The summed E-state index contributed by atoms with van der Waals surface area (Å²) in [6, 6.07) is 11.8. The van der Waals surface area contributed by atoms with Crippen molar-refractivity contribution in [2.45, 2.75) is 12.8 Å². The summed E-state index contributed by atoms with van der Waals surface area (Å²) in [4.78, 5) is 11.7. The Morgan fingerprint density at radius 3 is 2.79 bits per heavy atom. The maximum Gasteiger partial charge on any atom is 0.196 e. The Bertz CT molecular complexity index is 965. The van der Waals surface area contributed by atoms with E-state index in [2.05, 4.69) is 32.0 Å². The number of aliphatic imine (C=N–C) groups is 2. The van der Waals surface area contributed by atoms with Crippen LogP contribution in [0.2, 0.25) is 0 Å². The second-order valence-electron chi connectivity index (χ2n) is 6.86. The minimum Gasteiger partial charge on any atom is -0.497 e. The molecule has 3 aliphatic rings. The van der Waals surface area contributed by atoms with Gasteiger partial charge in [0.1, 0.15) is 23.5 Å². The van der Waals surface area contributed by atoms with Crippen LogP contribution >= 0.6 is 0 Å². The first-order valence-corrected chi connectivity index (χ1v) is 8.97. The third-order valence-electron chi connectivity index (χ3n) is 5.06. The van der Waals surface area contributed by atoms with Crippen molar-refractivity contribution in [3.8, 4) is 5.75 Å². The number of fused-ring (bicyclic) bond motifs is 3. The van der Waals surface area contributed by atoms with Crippen LogP contribution in [0.15, 0.2) is 62.8 Å². The average molecular weight is 379 g/mol. The maximum atomic E-state index is 6.13. The van der Waals surface area contributed by atoms with Gasteiger partial charge in [-0.1, -0.05) is 12.1 Å². The molecule has 9 heteroatoms. The van der Waals surface area contributed by atoms with Crippen LogP contribution in [0.3, 0.4) is 0 Å². The molecular formula is C19H21N7O2. The topological polar surface area (TPSA) is 86.1 Å². The van der Waals surface area contributed by atoms with Crippen molar-refractivity contribution in [2.24, 2.45) is 15.8 Å². The molecule has 4 heterocycles. The molecule has 1 aromatic heterocycles. The van der Waals surface area contributed by atoms with Gasteiger partial charge in [0.25, 0.3) is 0 Å². The molecule has 0 saturated carbocycles. The molecule has 2 aromatic rings. The van der Waals surface area contributed by atoms with Crippen LogP contribution in [0, 0.1) is 0 Å². The molecule has 5 rings (SSSR count). The number of hydrogen-bond donors (Lipinski definition) is 1. The second-order valence-corrected chi connectivity index (χ2v) is 6.86. The summed E-state index contributed by atoms with van der Waals surface area (Å²) < 4.78 is 10.8. The number of hydrogen-bond acceptors (Lipinski definition) is 9. The van der Waals surface area contributed by atoms with Gasteiger partial charge >= 0.3 is 0 Å². The predicted molar refractivity (Wildman–Crippen MR) is 104 cm³/mol. The molecule has 1 fully saturated rings. The van der Waals surface area contributed by atoms with Crippen LogP contribution in [0.1, 0.15) is 11.3 Å². The lowest BCUT2D eigenvalue weighted by Gasteiger charge is -2.29. The zero-order valence-corrected chi connectivity index (χ0v) is 15.7. The lowest BCUT2D eigenvalue weighted by Crippen LogP contribution is -2.43. The van der Waals surface area contributed by atoms with Crippen LogP contribution in [-0.4, -0.2) is 59.2 Å². The van der Waals surface area contributed by atoms with E-state index in [9.17, 15) is 0 Å². The van der Waals surface area contributed by atoms with Crippen LogP contribution in [0.25, 0.3) is 5.70 Å². The highest BCUT2D eigenvalue weighted by atomic mass is 16.5. The molecule has 9 nitrogen and oxygen atoms in total. The van der Waals surface area contributed by atoms with Gasteiger partial charge in [0.2, 0.25) is 0 Å². The van der Waals surface area contributed by atoms with E-state index in [1.54, 1.807) is 19.7 Å². The summed E-state index contributed by atoms with van der Waals surface area (Å²) in [6.45, 7) is 1.48. The quantitative estimate of drug-likeness (QED) is 0.806. The number of rotatable bonds is 4. The highest BCUT2D eigenvalue weighted by molar-refractivity contribution is 6.12. The van der Waals surface area contributed by atoms with E-state index in [0.29, 0.717) is 11.6 Å². The molecule has 1 aromatic carbocycles. The Balaban J connectivity index is 1.48. The number of furan rings is 1. The maximum absolute atomic E-state index is 6.13. The zero-order valence-electron chi connectivity index (χ0n) is 15.7. The molecule has 1 unspecified atom stereocenters. The van der Waals surface area contributed by atoms with E-state index in [-0.39, 0.29) is 6.29 Å². The van der Waals surface area contributed by atoms with Gasteiger partial charge in [-0.3, -0.25) is 5.01 Å². The first kappa shape index (κ1) is 17.0. The van der Waals surface area contributed by atoms with E-state index in [1.807, 2.05) is 31.3 Å². The van der Waals surface area contributed by atoms with Gasteiger partial charge in [-0.05, 0) is 29.8 Å². The Kier molecular flexibility index (Phi) is 3.93. The summed E-state index contributed by atoms with van der Waals surface area (Å²) in [5.74, 6) is 8.34. The van der Waals surface area contributed by atoms with E-state index >= 15 is 0 Å². The first-order chi connectivity index (χ1) is 13.7. The van der Waals surface area contributed by atoms with E-state index in [4.69, 9.17) is 20.0 Å². The average Bonchev–Trinajstić information content (AvgIpc) is 3.42. The van der Waals surface area contributed by atoms with Crippen LogP contribution in [-0.2, 0) is 6.54 Å². The van der Waals surface area contributed by atoms with Gasteiger partial charge in [-0.2, -0.15) is 0 Å². The SMILES string of the molecule is COc1ccc(CN2CN(C)N3C4=C(c5ccco5)N=CN(N)C4=NC23)cc1. The smallest absolute Gasteiger partial charge is 0.196 e. The van der Waals surface area contributed by atoms with E-state index < -0.39 is 0 Å². The van der Waals surface area contributed by atoms with Crippen molar-refractivity contribution in [3.05, 3.63) is 59.7 Å². The molecule has 1 saturated heterocycles. The second kappa shape index (κ2) is 6.48. The number of nitrogens with zero attached hydrogens (tertiary/aromatic N) is 6. The zero-order chi connectivity index (χ0) is 19.3. The number of methoxy groups -OCH3 is 1. The fourth-order valence-electron chi connectivity index (χ4n) is 3.76.